The van der Waals surface area contributed by atoms with E-state index in [9.17, 15) is 9.50 Å². The summed E-state index contributed by atoms with van der Waals surface area (Å²) in [5.74, 6) is -0.562. The lowest BCUT2D eigenvalue weighted by atomic mass is 9.99. The maximum absolute atomic E-state index is 13.8. The third-order valence-corrected chi connectivity index (χ3v) is 3.24. The minimum absolute atomic E-state index is 0.0261. The van der Waals surface area contributed by atoms with Crippen molar-refractivity contribution in [3.63, 3.8) is 0 Å². The third-order valence-electron chi connectivity index (χ3n) is 2.95. The van der Waals surface area contributed by atoms with Crippen molar-refractivity contribution >= 4 is 11.6 Å². The van der Waals surface area contributed by atoms with Crippen molar-refractivity contribution in [2.45, 2.75) is 19.4 Å². The average molecular weight is 265 g/mol. The van der Waals surface area contributed by atoms with Gasteiger partial charge in [0.25, 0.3) is 0 Å². The molecule has 1 unspecified atom stereocenters. The molecule has 0 aliphatic carbocycles. The van der Waals surface area contributed by atoms with E-state index in [4.69, 9.17) is 11.6 Å². The van der Waals surface area contributed by atoms with Crippen LogP contribution in [0.5, 0.6) is 0 Å². The molecule has 0 aromatic heterocycles. The van der Waals surface area contributed by atoms with Gasteiger partial charge in [-0.05, 0) is 23.6 Å². The highest BCUT2D eigenvalue weighted by atomic mass is 35.5. The summed E-state index contributed by atoms with van der Waals surface area (Å²) in [5.41, 5.74) is 1.99. The molecule has 0 saturated carbocycles. The van der Waals surface area contributed by atoms with Gasteiger partial charge < -0.3 is 5.11 Å². The maximum atomic E-state index is 13.8. The Labute approximate surface area is 111 Å². The summed E-state index contributed by atoms with van der Waals surface area (Å²) in [4.78, 5) is 0. The first-order chi connectivity index (χ1) is 8.63. The van der Waals surface area contributed by atoms with Crippen LogP contribution in [0, 0.1) is 5.82 Å². The minimum Gasteiger partial charge on any atom is -0.384 e. The molecule has 2 rings (SSSR count). The standard InChI is InChI=1S/C15H14ClFO/c1-2-10-5-3-6-11(9-10)15(18)12-7-4-8-13(16)14(12)17/h3-9,15,18H,2H2,1H3. The predicted molar refractivity (Wildman–Crippen MR) is 71.3 cm³/mol. The van der Waals surface area contributed by atoms with Crippen molar-refractivity contribution in [3.05, 3.63) is 70.0 Å². The van der Waals surface area contributed by atoms with Crippen LogP contribution in [-0.2, 0) is 6.42 Å². The molecule has 0 aliphatic heterocycles. The Morgan fingerprint density at radius 1 is 1.22 bits per heavy atom. The SMILES string of the molecule is CCc1cccc(C(O)c2cccc(Cl)c2F)c1. The topological polar surface area (TPSA) is 20.2 Å². The van der Waals surface area contributed by atoms with E-state index in [1.807, 2.05) is 25.1 Å². The van der Waals surface area contributed by atoms with Gasteiger partial charge in [-0.15, -0.1) is 0 Å². The molecule has 2 aromatic rings. The molecule has 1 N–H and O–H groups in total. The summed E-state index contributed by atoms with van der Waals surface area (Å²) in [6.07, 6.45) is -0.117. The third kappa shape index (κ3) is 2.55. The molecule has 0 radical (unpaired) electrons. The van der Waals surface area contributed by atoms with E-state index < -0.39 is 11.9 Å². The van der Waals surface area contributed by atoms with Gasteiger partial charge in [0.15, 0.2) is 0 Å². The number of hydrogen-bond acceptors (Lipinski definition) is 1. The van der Waals surface area contributed by atoms with Crippen molar-refractivity contribution in [1.29, 1.82) is 0 Å². The highest BCUT2D eigenvalue weighted by molar-refractivity contribution is 6.30. The van der Waals surface area contributed by atoms with Crippen molar-refractivity contribution in [2.75, 3.05) is 0 Å². The van der Waals surface area contributed by atoms with Crippen LogP contribution in [0.4, 0.5) is 4.39 Å². The molecule has 2 aromatic carbocycles. The fourth-order valence-electron chi connectivity index (χ4n) is 1.89. The number of aryl methyl sites for hydroxylation is 1. The van der Waals surface area contributed by atoms with Crippen molar-refractivity contribution in [3.8, 4) is 0 Å². The summed E-state index contributed by atoms with van der Waals surface area (Å²) in [6.45, 7) is 2.03. The smallest absolute Gasteiger partial charge is 0.147 e. The molecule has 0 amide bonds. The molecule has 0 aliphatic rings. The molecule has 94 valence electrons. The molecule has 0 fully saturated rings. The van der Waals surface area contributed by atoms with Gasteiger partial charge >= 0.3 is 0 Å². The zero-order chi connectivity index (χ0) is 13.1. The van der Waals surface area contributed by atoms with Crippen LogP contribution in [0.2, 0.25) is 5.02 Å². The van der Waals surface area contributed by atoms with Crippen LogP contribution in [0.3, 0.4) is 0 Å². The second-order valence-corrected chi connectivity index (χ2v) is 4.55. The van der Waals surface area contributed by atoms with E-state index in [1.165, 1.54) is 6.07 Å². The van der Waals surface area contributed by atoms with Gasteiger partial charge in [0.05, 0.1) is 5.02 Å². The molecule has 0 saturated heterocycles. The zero-order valence-corrected chi connectivity index (χ0v) is 10.8. The predicted octanol–water partition coefficient (Wildman–Crippen LogP) is 4.12. The molecule has 1 nitrogen and oxygen atoms in total. The largest absolute Gasteiger partial charge is 0.384 e. The summed E-state index contributed by atoms with van der Waals surface area (Å²) in [7, 11) is 0. The van der Waals surface area contributed by atoms with E-state index in [-0.39, 0.29) is 10.6 Å². The molecule has 3 heteroatoms. The number of aliphatic hydroxyl groups is 1. The first kappa shape index (κ1) is 13.1. The second kappa shape index (κ2) is 5.51. The lowest BCUT2D eigenvalue weighted by Gasteiger charge is -2.14. The molecule has 0 bridgehead atoms. The van der Waals surface area contributed by atoms with Gasteiger partial charge in [-0.2, -0.15) is 0 Å². The molecule has 0 heterocycles. The monoisotopic (exact) mass is 264 g/mol. The molecule has 18 heavy (non-hydrogen) atoms. The van der Waals surface area contributed by atoms with Gasteiger partial charge in [0, 0.05) is 5.56 Å². The second-order valence-electron chi connectivity index (χ2n) is 4.14. The van der Waals surface area contributed by atoms with Gasteiger partial charge in [-0.25, -0.2) is 4.39 Å². The summed E-state index contributed by atoms with van der Waals surface area (Å²) in [5, 5.41) is 10.2. The Bertz CT molecular complexity index is 554. The van der Waals surface area contributed by atoms with E-state index >= 15 is 0 Å². The van der Waals surface area contributed by atoms with Gasteiger partial charge in [-0.1, -0.05) is 54.9 Å². The maximum Gasteiger partial charge on any atom is 0.147 e. The van der Waals surface area contributed by atoms with Crippen LogP contribution < -0.4 is 0 Å². The normalized spacial score (nSPS) is 12.4. The van der Waals surface area contributed by atoms with Crippen LogP contribution in [0.25, 0.3) is 0 Å². The summed E-state index contributed by atoms with van der Waals surface area (Å²) in [6, 6.07) is 12.1. The Morgan fingerprint density at radius 2 is 1.94 bits per heavy atom. The van der Waals surface area contributed by atoms with Crippen LogP contribution in [0.15, 0.2) is 42.5 Å². The van der Waals surface area contributed by atoms with E-state index in [0.717, 1.165) is 12.0 Å². The van der Waals surface area contributed by atoms with E-state index in [1.54, 1.807) is 18.2 Å². The summed E-state index contributed by atoms with van der Waals surface area (Å²) < 4.78 is 13.8. The Kier molecular flexibility index (Phi) is 4.00. The van der Waals surface area contributed by atoms with Crippen LogP contribution >= 0.6 is 11.6 Å². The number of hydrogen-bond donors (Lipinski definition) is 1. The molecular formula is C15H14ClFO. The first-order valence-electron chi connectivity index (χ1n) is 5.84. The lowest BCUT2D eigenvalue weighted by molar-refractivity contribution is 0.215. The summed E-state index contributed by atoms with van der Waals surface area (Å²) >= 11 is 5.72. The molecule has 1 atom stereocenters. The average Bonchev–Trinajstić information content (AvgIpc) is 2.41. The van der Waals surface area contributed by atoms with Crippen LogP contribution in [0.1, 0.15) is 29.7 Å². The highest BCUT2D eigenvalue weighted by Gasteiger charge is 2.16. The van der Waals surface area contributed by atoms with Crippen LogP contribution in [-0.4, -0.2) is 5.11 Å². The number of halogens is 2. The van der Waals surface area contributed by atoms with E-state index in [2.05, 4.69) is 0 Å². The molecule has 0 spiro atoms. The molecular weight excluding hydrogens is 251 g/mol. The van der Waals surface area contributed by atoms with Gasteiger partial charge in [-0.3, -0.25) is 0 Å². The highest BCUT2D eigenvalue weighted by Crippen LogP contribution is 2.28. The number of benzene rings is 2. The van der Waals surface area contributed by atoms with Crippen molar-refractivity contribution in [1.82, 2.24) is 0 Å². The number of aliphatic hydroxyl groups excluding tert-OH is 1. The van der Waals surface area contributed by atoms with Gasteiger partial charge in [0.2, 0.25) is 0 Å². The fourth-order valence-corrected chi connectivity index (χ4v) is 2.08. The Hall–Kier alpha value is -1.38. The lowest BCUT2D eigenvalue weighted by Crippen LogP contribution is -2.03. The van der Waals surface area contributed by atoms with Crippen molar-refractivity contribution < 1.29 is 9.50 Å². The Morgan fingerprint density at radius 3 is 2.67 bits per heavy atom. The van der Waals surface area contributed by atoms with Gasteiger partial charge in [0.1, 0.15) is 11.9 Å². The van der Waals surface area contributed by atoms with Crippen molar-refractivity contribution in [2.24, 2.45) is 0 Å². The minimum atomic E-state index is -0.991. The van der Waals surface area contributed by atoms with E-state index in [0.29, 0.717) is 5.56 Å². The number of rotatable bonds is 3. The first-order valence-corrected chi connectivity index (χ1v) is 6.22. The Balaban J connectivity index is 2.41. The zero-order valence-electron chi connectivity index (χ0n) is 10.0. The fraction of sp³-hybridized carbons (Fsp3) is 0.200. The quantitative estimate of drug-likeness (QED) is 0.884.